The third kappa shape index (κ3) is 3.80. The second-order valence-corrected chi connectivity index (χ2v) is 8.69. The van der Waals surface area contributed by atoms with Gasteiger partial charge >= 0.3 is 0 Å². The van der Waals surface area contributed by atoms with Gasteiger partial charge in [-0.15, -0.1) is 0 Å². The topological polar surface area (TPSA) is 66.6 Å². The van der Waals surface area contributed by atoms with Gasteiger partial charge in [-0.1, -0.05) is 12.6 Å². The van der Waals surface area contributed by atoms with Crippen LogP contribution in [-0.2, 0) is 11.2 Å². The Balaban J connectivity index is 1.19. The summed E-state index contributed by atoms with van der Waals surface area (Å²) in [6, 6.07) is 10.5. The van der Waals surface area contributed by atoms with E-state index in [1.165, 1.54) is 0 Å². The van der Waals surface area contributed by atoms with Gasteiger partial charge in [0.05, 0.1) is 6.04 Å². The Morgan fingerprint density at radius 1 is 1.19 bits per heavy atom. The molecule has 0 N–H and O–H groups in total. The highest BCUT2D eigenvalue weighted by Crippen LogP contribution is 2.32. The molecule has 2 aliphatic heterocycles. The Labute approximate surface area is 182 Å². The van der Waals surface area contributed by atoms with Gasteiger partial charge in [0.25, 0.3) is 0 Å². The number of carbonyl (C=O) groups excluding carboxylic acids is 1. The number of carbonyl (C=O) groups is 1. The van der Waals surface area contributed by atoms with Crippen molar-refractivity contribution >= 4 is 22.9 Å². The summed E-state index contributed by atoms with van der Waals surface area (Å²) >= 11 is 0. The smallest absolute Gasteiger partial charge is 0.226 e. The Hall–Kier alpha value is -3.22. The van der Waals surface area contributed by atoms with Gasteiger partial charge in [-0.2, -0.15) is 5.10 Å². The summed E-state index contributed by atoms with van der Waals surface area (Å²) in [6.07, 6.45) is 7.21. The van der Waals surface area contributed by atoms with Crippen LogP contribution < -0.4 is 4.90 Å². The highest BCUT2D eigenvalue weighted by atomic mass is 16.2. The number of aromatic nitrogens is 4. The molecule has 5 rings (SSSR count). The SMILES string of the molecule is C=C(C)c1ccc(N2CCN3C(=O)[C@@H](CCCc4cccc5ncnn45)C[C@H]3C2)nc1. The molecule has 0 spiro atoms. The molecular weight excluding hydrogens is 388 g/mol. The number of anilines is 1. The van der Waals surface area contributed by atoms with Crippen LogP contribution in [0.2, 0.25) is 0 Å². The first kappa shape index (κ1) is 19.7. The average Bonchev–Trinajstić information content (AvgIpc) is 3.39. The van der Waals surface area contributed by atoms with E-state index in [-0.39, 0.29) is 12.0 Å². The van der Waals surface area contributed by atoms with Crippen LogP contribution in [0.4, 0.5) is 5.82 Å². The van der Waals surface area contributed by atoms with Crippen molar-refractivity contribution in [1.29, 1.82) is 0 Å². The summed E-state index contributed by atoms with van der Waals surface area (Å²) < 4.78 is 1.89. The maximum atomic E-state index is 13.0. The van der Waals surface area contributed by atoms with Gasteiger partial charge < -0.3 is 9.80 Å². The van der Waals surface area contributed by atoms with E-state index < -0.39 is 0 Å². The summed E-state index contributed by atoms with van der Waals surface area (Å²) in [5, 5.41) is 4.31. The molecule has 7 heteroatoms. The maximum Gasteiger partial charge on any atom is 0.226 e. The number of hydrogen-bond donors (Lipinski definition) is 0. The minimum Gasteiger partial charge on any atom is -0.353 e. The number of nitrogens with zero attached hydrogens (tertiary/aromatic N) is 6. The zero-order chi connectivity index (χ0) is 21.4. The molecule has 7 nitrogen and oxygen atoms in total. The van der Waals surface area contributed by atoms with Gasteiger partial charge in [-0.05, 0) is 68.0 Å². The van der Waals surface area contributed by atoms with Crippen molar-refractivity contribution in [3.8, 4) is 0 Å². The fourth-order valence-electron chi connectivity index (χ4n) is 4.91. The number of piperazine rings is 1. The number of hydrogen-bond acceptors (Lipinski definition) is 5. The number of allylic oxidation sites excluding steroid dienone is 1. The quantitative estimate of drug-likeness (QED) is 0.617. The molecule has 0 radical (unpaired) electrons. The number of aryl methyl sites for hydroxylation is 1. The third-order valence-corrected chi connectivity index (χ3v) is 6.60. The first-order valence-corrected chi connectivity index (χ1v) is 11.0. The standard InChI is InChI=1S/C24H28N6O/c1-17(2)19-9-10-22(25-14-19)28-11-12-29-21(15-28)13-18(24(29)31)5-3-6-20-7-4-8-23-26-16-27-30(20)23/h4,7-10,14,16,18,21H,1,3,5-6,11-13,15H2,2H3/t18-,21-/m0/s1. The molecule has 1 amide bonds. The highest BCUT2D eigenvalue weighted by Gasteiger charge is 2.42. The molecule has 2 aliphatic rings. The fourth-order valence-corrected chi connectivity index (χ4v) is 4.91. The minimum atomic E-state index is 0.124. The molecule has 0 saturated carbocycles. The van der Waals surface area contributed by atoms with Crippen molar-refractivity contribution in [2.24, 2.45) is 5.92 Å². The van der Waals surface area contributed by atoms with Crippen molar-refractivity contribution in [1.82, 2.24) is 24.5 Å². The van der Waals surface area contributed by atoms with Crippen molar-refractivity contribution in [2.45, 2.75) is 38.6 Å². The number of fused-ring (bicyclic) bond motifs is 2. The zero-order valence-corrected chi connectivity index (χ0v) is 17.9. The molecule has 3 aromatic heterocycles. The van der Waals surface area contributed by atoms with Gasteiger partial charge in [-0.25, -0.2) is 14.5 Å². The Kier molecular flexibility index (Phi) is 5.18. The highest BCUT2D eigenvalue weighted by molar-refractivity contribution is 5.82. The largest absolute Gasteiger partial charge is 0.353 e. The Morgan fingerprint density at radius 3 is 2.90 bits per heavy atom. The lowest BCUT2D eigenvalue weighted by Crippen LogP contribution is -2.51. The summed E-state index contributed by atoms with van der Waals surface area (Å²) in [4.78, 5) is 26.3. The van der Waals surface area contributed by atoms with Gasteiger partial charge in [0.15, 0.2) is 5.65 Å². The van der Waals surface area contributed by atoms with Crippen LogP contribution in [0.3, 0.4) is 0 Å². The predicted octanol–water partition coefficient (Wildman–Crippen LogP) is 3.22. The number of rotatable bonds is 6. The Bertz CT molecular complexity index is 1100. The van der Waals surface area contributed by atoms with E-state index in [1.807, 2.05) is 29.8 Å². The van der Waals surface area contributed by atoms with E-state index in [9.17, 15) is 4.79 Å². The van der Waals surface area contributed by atoms with Crippen molar-refractivity contribution in [3.63, 3.8) is 0 Å². The molecule has 160 valence electrons. The molecular formula is C24H28N6O. The van der Waals surface area contributed by atoms with Crippen LogP contribution in [0, 0.1) is 5.92 Å². The van der Waals surface area contributed by atoms with E-state index in [1.54, 1.807) is 6.33 Å². The zero-order valence-electron chi connectivity index (χ0n) is 17.9. The summed E-state index contributed by atoms with van der Waals surface area (Å²) in [6.45, 7) is 8.45. The molecule has 2 saturated heterocycles. The van der Waals surface area contributed by atoms with E-state index in [4.69, 9.17) is 0 Å². The minimum absolute atomic E-state index is 0.124. The summed E-state index contributed by atoms with van der Waals surface area (Å²) in [7, 11) is 0. The fraction of sp³-hybridized carbons (Fsp3) is 0.417. The first-order chi connectivity index (χ1) is 15.1. The molecule has 0 unspecified atom stereocenters. The lowest BCUT2D eigenvalue weighted by atomic mass is 9.97. The lowest BCUT2D eigenvalue weighted by Gasteiger charge is -2.38. The molecule has 3 aromatic rings. The number of amides is 1. The summed E-state index contributed by atoms with van der Waals surface area (Å²) in [5.74, 6) is 1.44. The van der Waals surface area contributed by atoms with Crippen LogP contribution in [-0.4, -0.2) is 56.1 Å². The van der Waals surface area contributed by atoms with Crippen LogP contribution in [0.5, 0.6) is 0 Å². The maximum absolute atomic E-state index is 13.0. The van der Waals surface area contributed by atoms with Crippen LogP contribution in [0.1, 0.15) is 37.4 Å². The molecule has 31 heavy (non-hydrogen) atoms. The van der Waals surface area contributed by atoms with Crippen LogP contribution in [0.25, 0.3) is 11.2 Å². The second kappa shape index (κ2) is 8.13. The first-order valence-electron chi connectivity index (χ1n) is 11.0. The van der Waals surface area contributed by atoms with E-state index in [2.05, 4.69) is 49.6 Å². The molecule has 2 atom stereocenters. The number of pyridine rings is 2. The molecule has 5 heterocycles. The van der Waals surface area contributed by atoms with Gasteiger partial charge in [0.1, 0.15) is 12.1 Å². The Morgan fingerprint density at radius 2 is 2.10 bits per heavy atom. The molecule has 0 aliphatic carbocycles. The molecule has 0 bridgehead atoms. The van der Waals surface area contributed by atoms with Gasteiger partial charge in [0.2, 0.25) is 5.91 Å². The van der Waals surface area contributed by atoms with Crippen LogP contribution in [0.15, 0.2) is 49.4 Å². The van der Waals surface area contributed by atoms with Crippen molar-refractivity contribution in [3.05, 3.63) is 60.7 Å². The monoisotopic (exact) mass is 416 g/mol. The second-order valence-electron chi connectivity index (χ2n) is 8.69. The van der Waals surface area contributed by atoms with E-state index in [0.29, 0.717) is 5.91 Å². The lowest BCUT2D eigenvalue weighted by molar-refractivity contribution is -0.132. The normalized spacial score (nSPS) is 21.0. The van der Waals surface area contributed by atoms with Crippen LogP contribution >= 0.6 is 0 Å². The predicted molar refractivity (Wildman–Crippen MR) is 121 cm³/mol. The summed E-state index contributed by atoms with van der Waals surface area (Å²) in [5.41, 5.74) is 4.11. The van der Waals surface area contributed by atoms with Gasteiger partial charge in [-0.3, -0.25) is 4.79 Å². The average molecular weight is 417 g/mol. The van der Waals surface area contributed by atoms with E-state index >= 15 is 0 Å². The molecule has 2 fully saturated rings. The third-order valence-electron chi connectivity index (χ3n) is 6.60. The molecule has 0 aromatic carbocycles. The van der Waals surface area contributed by atoms with E-state index in [0.717, 1.165) is 73.6 Å². The van der Waals surface area contributed by atoms with Crippen molar-refractivity contribution in [2.75, 3.05) is 24.5 Å². The van der Waals surface area contributed by atoms with Gasteiger partial charge in [0, 0.05) is 37.4 Å². The van der Waals surface area contributed by atoms with Crippen molar-refractivity contribution < 1.29 is 4.79 Å².